The van der Waals surface area contributed by atoms with Crippen LogP contribution in [0, 0.1) is 0 Å². The van der Waals surface area contributed by atoms with Gasteiger partial charge in [0.25, 0.3) is 11.8 Å². The zero-order valence-corrected chi connectivity index (χ0v) is 15.2. The standard InChI is InChI=1S/C20H17ClN2O4/c1-2-26-15-8-5-13(6-9-15)19(24)22-14-7-10-17(16(21)12-14)23-20(25)18-4-3-11-27-18/h3-12H,2H2,1H3,(H,22,24)(H,23,25). The van der Waals surface area contributed by atoms with Crippen LogP contribution in [0.25, 0.3) is 0 Å². The summed E-state index contributed by atoms with van der Waals surface area (Å²) >= 11 is 6.21. The third-order valence-electron chi connectivity index (χ3n) is 3.65. The Kier molecular flexibility index (Phi) is 5.78. The average Bonchev–Trinajstić information content (AvgIpc) is 3.20. The predicted molar refractivity (Wildman–Crippen MR) is 104 cm³/mol. The van der Waals surface area contributed by atoms with Gasteiger partial charge >= 0.3 is 0 Å². The molecule has 0 atom stereocenters. The lowest BCUT2D eigenvalue weighted by Gasteiger charge is -2.10. The molecular weight excluding hydrogens is 368 g/mol. The maximum absolute atomic E-state index is 12.3. The molecule has 3 aromatic rings. The highest BCUT2D eigenvalue weighted by Crippen LogP contribution is 2.26. The van der Waals surface area contributed by atoms with Gasteiger partial charge in [0.05, 0.1) is 23.6 Å². The number of furan rings is 1. The van der Waals surface area contributed by atoms with Gasteiger partial charge in [-0.05, 0) is 61.5 Å². The van der Waals surface area contributed by atoms with E-state index in [0.717, 1.165) is 0 Å². The first-order valence-electron chi connectivity index (χ1n) is 8.25. The molecule has 138 valence electrons. The minimum absolute atomic E-state index is 0.180. The molecule has 6 nitrogen and oxygen atoms in total. The van der Waals surface area contributed by atoms with Crippen LogP contribution in [0.5, 0.6) is 5.75 Å². The quantitative estimate of drug-likeness (QED) is 0.637. The Morgan fingerprint density at radius 2 is 1.81 bits per heavy atom. The molecule has 0 fully saturated rings. The van der Waals surface area contributed by atoms with Crippen LogP contribution in [0.3, 0.4) is 0 Å². The average molecular weight is 385 g/mol. The Balaban J connectivity index is 1.66. The van der Waals surface area contributed by atoms with E-state index in [2.05, 4.69) is 10.6 Å². The third-order valence-corrected chi connectivity index (χ3v) is 3.96. The smallest absolute Gasteiger partial charge is 0.291 e. The molecule has 0 aliphatic carbocycles. The van der Waals surface area contributed by atoms with Crippen molar-refractivity contribution in [2.75, 3.05) is 17.2 Å². The van der Waals surface area contributed by atoms with E-state index >= 15 is 0 Å². The highest BCUT2D eigenvalue weighted by atomic mass is 35.5. The molecule has 0 saturated heterocycles. The zero-order valence-electron chi connectivity index (χ0n) is 14.5. The number of carbonyl (C=O) groups excluding carboxylic acids is 2. The summed E-state index contributed by atoms with van der Waals surface area (Å²) in [7, 11) is 0. The van der Waals surface area contributed by atoms with E-state index in [1.54, 1.807) is 54.6 Å². The molecule has 0 aliphatic rings. The molecule has 1 heterocycles. The Labute approximate surface area is 161 Å². The number of ether oxygens (including phenoxy) is 1. The second-order valence-electron chi connectivity index (χ2n) is 5.54. The van der Waals surface area contributed by atoms with Gasteiger partial charge in [0, 0.05) is 11.3 Å². The molecule has 0 unspecified atom stereocenters. The summed E-state index contributed by atoms with van der Waals surface area (Å²) in [6, 6.07) is 14.8. The second-order valence-corrected chi connectivity index (χ2v) is 5.94. The fourth-order valence-corrected chi connectivity index (χ4v) is 2.59. The van der Waals surface area contributed by atoms with E-state index in [0.29, 0.717) is 34.3 Å². The van der Waals surface area contributed by atoms with Crippen LogP contribution in [-0.2, 0) is 0 Å². The predicted octanol–water partition coefficient (Wildman–Crippen LogP) is 4.84. The summed E-state index contributed by atoms with van der Waals surface area (Å²) < 4.78 is 10.4. The number of benzene rings is 2. The molecule has 0 aliphatic heterocycles. The molecule has 0 spiro atoms. The Morgan fingerprint density at radius 1 is 1.04 bits per heavy atom. The first kappa shape index (κ1) is 18.5. The van der Waals surface area contributed by atoms with E-state index in [1.807, 2.05) is 6.92 Å². The van der Waals surface area contributed by atoms with Crippen LogP contribution in [0.4, 0.5) is 11.4 Å². The van der Waals surface area contributed by atoms with Crippen molar-refractivity contribution in [1.29, 1.82) is 0 Å². The van der Waals surface area contributed by atoms with E-state index < -0.39 is 5.91 Å². The van der Waals surface area contributed by atoms with E-state index in [4.69, 9.17) is 20.8 Å². The lowest BCUT2D eigenvalue weighted by molar-refractivity contribution is 0.0994. The van der Waals surface area contributed by atoms with Crippen LogP contribution in [0.15, 0.2) is 65.3 Å². The van der Waals surface area contributed by atoms with Crippen LogP contribution >= 0.6 is 11.6 Å². The topological polar surface area (TPSA) is 80.6 Å². The lowest BCUT2D eigenvalue weighted by Crippen LogP contribution is -2.13. The van der Waals surface area contributed by atoms with Gasteiger partial charge in [-0.15, -0.1) is 0 Å². The molecule has 27 heavy (non-hydrogen) atoms. The molecule has 2 amide bonds. The first-order valence-corrected chi connectivity index (χ1v) is 8.63. The summed E-state index contributed by atoms with van der Waals surface area (Å²) in [4.78, 5) is 24.3. The van der Waals surface area contributed by atoms with Crippen molar-refractivity contribution in [3.63, 3.8) is 0 Å². The maximum Gasteiger partial charge on any atom is 0.291 e. The Bertz CT molecular complexity index is 937. The largest absolute Gasteiger partial charge is 0.494 e. The number of amides is 2. The van der Waals surface area contributed by atoms with Gasteiger partial charge < -0.3 is 19.8 Å². The first-order chi connectivity index (χ1) is 13.1. The molecule has 3 rings (SSSR count). The summed E-state index contributed by atoms with van der Waals surface area (Å²) in [5.74, 6) is 0.197. The number of carbonyl (C=O) groups is 2. The highest BCUT2D eigenvalue weighted by molar-refractivity contribution is 6.34. The van der Waals surface area contributed by atoms with E-state index in [1.165, 1.54) is 6.26 Å². The van der Waals surface area contributed by atoms with Crippen molar-refractivity contribution < 1.29 is 18.7 Å². The number of hydrogen-bond acceptors (Lipinski definition) is 4. The normalized spacial score (nSPS) is 10.3. The fraction of sp³-hybridized carbons (Fsp3) is 0.100. The maximum atomic E-state index is 12.3. The summed E-state index contributed by atoms with van der Waals surface area (Å²) in [5.41, 5.74) is 1.41. The van der Waals surface area contributed by atoms with Crippen LogP contribution < -0.4 is 15.4 Å². The monoisotopic (exact) mass is 384 g/mol. The van der Waals surface area contributed by atoms with Crippen molar-refractivity contribution in [3.05, 3.63) is 77.2 Å². The number of halogens is 1. The van der Waals surface area contributed by atoms with Gasteiger partial charge in [-0.2, -0.15) is 0 Å². The molecule has 0 bridgehead atoms. The van der Waals surface area contributed by atoms with Crippen LogP contribution in [0.2, 0.25) is 5.02 Å². The van der Waals surface area contributed by atoms with Crippen molar-refractivity contribution in [2.45, 2.75) is 6.92 Å². The molecule has 2 aromatic carbocycles. The number of rotatable bonds is 6. The number of hydrogen-bond donors (Lipinski definition) is 2. The highest BCUT2D eigenvalue weighted by Gasteiger charge is 2.12. The van der Waals surface area contributed by atoms with Gasteiger partial charge in [0.15, 0.2) is 5.76 Å². The SMILES string of the molecule is CCOc1ccc(C(=O)Nc2ccc(NC(=O)c3ccco3)c(Cl)c2)cc1. The van der Waals surface area contributed by atoms with Gasteiger partial charge in [-0.25, -0.2) is 0 Å². The Hall–Kier alpha value is -3.25. The Morgan fingerprint density at radius 3 is 2.44 bits per heavy atom. The minimum atomic E-state index is -0.409. The summed E-state index contributed by atoms with van der Waals surface area (Å²) in [6.07, 6.45) is 1.41. The van der Waals surface area contributed by atoms with Crippen molar-refractivity contribution in [2.24, 2.45) is 0 Å². The summed E-state index contributed by atoms with van der Waals surface area (Å²) in [5, 5.41) is 5.71. The van der Waals surface area contributed by atoms with Gasteiger partial charge in [0.2, 0.25) is 0 Å². The fourth-order valence-electron chi connectivity index (χ4n) is 2.36. The molecule has 0 saturated carbocycles. The van der Waals surface area contributed by atoms with Crippen molar-refractivity contribution in [3.8, 4) is 5.75 Å². The summed E-state index contributed by atoms with van der Waals surface area (Å²) in [6.45, 7) is 2.46. The third kappa shape index (κ3) is 4.68. The van der Waals surface area contributed by atoms with Crippen LogP contribution in [0.1, 0.15) is 27.8 Å². The minimum Gasteiger partial charge on any atom is -0.494 e. The van der Waals surface area contributed by atoms with E-state index in [-0.39, 0.29) is 11.7 Å². The number of nitrogens with one attached hydrogen (secondary N) is 2. The van der Waals surface area contributed by atoms with Gasteiger partial charge in [-0.3, -0.25) is 9.59 Å². The van der Waals surface area contributed by atoms with Gasteiger partial charge in [0.1, 0.15) is 5.75 Å². The van der Waals surface area contributed by atoms with Gasteiger partial charge in [-0.1, -0.05) is 11.6 Å². The van der Waals surface area contributed by atoms with Crippen LogP contribution in [-0.4, -0.2) is 18.4 Å². The zero-order chi connectivity index (χ0) is 19.2. The molecule has 2 N–H and O–H groups in total. The second kappa shape index (κ2) is 8.42. The molecule has 0 radical (unpaired) electrons. The number of anilines is 2. The molecular formula is C20H17ClN2O4. The van der Waals surface area contributed by atoms with E-state index in [9.17, 15) is 9.59 Å². The van der Waals surface area contributed by atoms with Crippen molar-refractivity contribution >= 4 is 34.8 Å². The molecule has 7 heteroatoms. The molecule has 1 aromatic heterocycles. The lowest BCUT2D eigenvalue weighted by atomic mass is 10.2. The van der Waals surface area contributed by atoms with Crippen molar-refractivity contribution in [1.82, 2.24) is 0 Å².